The molecule has 0 unspecified atom stereocenters. The SMILES string of the molecule is CNC(=O)c1ccc(N)c(N(C)Cc2ccccc2C)c1. The van der Waals surface area contributed by atoms with E-state index < -0.39 is 0 Å². The third-order valence-corrected chi connectivity index (χ3v) is 3.60. The number of carbonyl (C=O) groups is 1. The van der Waals surface area contributed by atoms with Gasteiger partial charge < -0.3 is 16.0 Å². The zero-order valence-electron chi connectivity index (χ0n) is 12.7. The third-order valence-electron chi connectivity index (χ3n) is 3.60. The van der Waals surface area contributed by atoms with Crippen molar-refractivity contribution in [2.45, 2.75) is 13.5 Å². The number of rotatable bonds is 4. The van der Waals surface area contributed by atoms with Gasteiger partial charge in [0, 0.05) is 26.2 Å². The van der Waals surface area contributed by atoms with Crippen LogP contribution in [0.3, 0.4) is 0 Å². The van der Waals surface area contributed by atoms with Gasteiger partial charge in [-0.3, -0.25) is 4.79 Å². The third kappa shape index (κ3) is 3.34. The van der Waals surface area contributed by atoms with Gasteiger partial charge in [-0.15, -0.1) is 0 Å². The average molecular weight is 283 g/mol. The van der Waals surface area contributed by atoms with Gasteiger partial charge in [-0.1, -0.05) is 24.3 Å². The Morgan fingerprint density at radius 2 is 1.95 bits per heavy atom. The zero-order valence-corrected chi connectivity index (χ0v) is 12.7. The van der Waals surface area contributed by atoms with E-state index in [4.69, 9.17) is 5.73 Å². The van der Waals surface area contributed by atoms with Gasteiger partial charge >= 0.3 is 0 Å². The monoisotopic (exact) mass is 283 g/mol. The first-order valence-electron chi connectivity index (χ1n) is 6.90. The molecule has 0 saturated carbocycles. The van der Waals surface area contributed by atoms with Gasteiger partial charge in [0.05, 0.1) is 11.4 Å². The van der Waals surface area contributed by atoms with Gasteiger partial charge in [0.25, 0.3) is 5.91 Å². The molecule has 2 aromatic rings. The van der Waals surface area contributed by atoms with E-state index in [1.54, 1.807) is 19.2 Å². The molecular formula is C17H21N3O. The molecule has 0 fully saturated rings. The standard InChI is InChI=1S/C17H21N3O/c1-12-6-4-5-7-14(12)11-20(3)16-10-13(17(21)19-2)8-9-15(16)18/h4-10H,11,18H2,1-3H3,(H,19,21). The molecule has 0 aliphatic carbocycles. The van der Waals surface area contributed by atoms with Crippen molar-refractivity contribution in [2.24, 2.45) is 0 Å². The van der Waals surface area contributed by atoms with Crippen LogP contribution in [-0.2, 0) is 6.54 Å². The predicted octanol–water partition coefficient (Wildman–Crippen LogP) is 2.57. The number of hydrogen-bond acceptors (Lipinski definition) is 3. The molecule has 0 heterocycles. The molecule has 2 aromatic carbocycles. The number of aryl methyl sites for hydroxylation is 1. The van der Waals surface area contributed by atoms with Crippen molar-refractivity contribution in [3.8, 4) is 0 Å². The minimum atomic E-state index is -0.111. The highest BCUT2D eigenvalue weighted by Crippen LogP contribution is 2.25. The van der Waals surface area contributed by atoms with Crippen molar-refractivity contribution < 1.29 is 4.79 Å². The number of nitrogen functional groups attached to an aromatic ring is 1. The van der Waals surface area contributed by atoms with Crippen LogP contribution in [0.25, 0.3) is 0 Å². The number of benzene rings is 2. The van der Waals surface area contributed by atoms with Crippen LogP contribution in [0, 0.1) is 6.92 Å². The van der Waals surface area contributed by atoms with Gasteiger partial charge in [0.1, 0.15) is 0 Å². The summed E-state index contributed by atoms with van der Waals surface area (Å²) in [6.45, 7) is 2.83. The Morgan fingerprint density at radius 1 is 1.24 bits per heavy atom. The summed E-state index contributed by atoms with van der Waals surface area (Å²) in [5.41, 5.74) is 10.7. The van der Waals surface area contributed by atoms with Crippen LogP contribution in [0.4, 0.5) is 11.4 Å². The van der Waals surface area contributed by atoms with Crippen LogP contribution >= 0.6 is 0 Å². The predicted molar refractivity (Wildman–Crippen MR) is 87.5 cm³/mol. The Labute approximate surface area is 125 Å². The molecule has 0 aliphatic rings. The van der Waals surface area contributed by atoms with Crippen LogP contribution in [0.2, 0.25) is 0 Å². The maximum atomic E-state index is 11.7. The van der Waals surface area contributed by atoms with Crippen LogP contribution in [-0.4, -0.2) is 20.0 Å². The molecule has 0 bridgehead atoms. The Balaban J connectivity index is 2.28. The van der Waals surface area contributed by atoms with E-state index >= 15 is 0 Å². The molecule has 0 saturated heterocycles. The van der Waals surface area contributed by atoms with Gasteiger partial charge in [-0.25, -0.2) is 0 Å². The van der Waals surface area contributed by atoms with Gasteiger partial charge in [-0.2, -0.15) is 0 Å². The van der Waals surface area contributed by atoms with Crippen molar-refractivity contribution in [2.75, 3.05) is 24.7 Å². The lowest BCUT2D eigenvalue weighted by atomic mass is 10.1. The number of hydrogen-bond donors (Lipinski definition) is 2. The molecule has 3 N–H and O–H groups in total. The molecule has 21 heavy (non-hydrogen) atoms. The molecule has 0 aliphatic heterocycles. The topological polar surface area (TPSA) is 58.4 Å². The number of nitrogens with zero attached hydrogens (tertiary/aromatic N) is 1. The first-order valence-corrected chi connectivity index (χ1v) is 6.90. The van der Waals surface area contributed by atoms with E-state index in [1.165, 1.54) is 11.1 Å². The summed E-state index contributed by atoms with van der Waals surface area (Å²) in [5.74, 6) is -0.111. The highest BCUT2D eigenvalue weighted by molar-refractivity contribution is 5.96. The van der Waals surface area contributed by atoms with Crippen LogP contribution in [0.1, 0.15) is 21.5 Å². The lowest BCUT2D eigenvalue weighted by Gasteiger charge is -2.22. The van der Waals surface area contributed by atoms with Gasteiger partial charge in [-0.05, 0) is 36.2 Å². The number of amides is 1. The summed E-state index contributed by atoms with van der Waals surface area (Å²) in [4.78, 5) is 13.8. The first kappa shape index (κ1) is 14.9. The summed E-state index contributed by atoms with van der Waals surface area (Å²) >= 11 is 0. The van der Waals surface area contributed by atoms with Crippen molar-refractivity contribution in [1.82, 2.24) is 5.32 Å². The van der Waals surface area contributed by atoms with Crippen LogP contribution in [0.5, 0.6) is 0 Å². The van der Waals surface area contributed by atoms with Crippen LogP contribution < -0.4 is 16.0 Å². The minimum absolute atomic E-state index is 0.111. The molecular weight excluding hydrogens is 262 g/mol. The highest BCUT2D eigenvalue weighted by Gasteiger charge is 2.11. The summed E-state index contributed by atoms with van der Waals surface area (Å²) < 4.78 is 0. The molecule has 0 spiro atoms. The normalized spacial score (nSPS) is 10.2. The molecule has 0 atom stereocenters. The second-order valence-electron chi connectivity index (χ2n) is 5.14. The largest absolute Gasteiger partial charge is 0.397 e. The second-order valence-corrected chi connectivity index (χ2v) is 5.14. The lowest BCUT2D eigenvalue weighted by molar-refractivity contribution is 0.0963. The zero-order chi connectivity index (χ0) is 15.4. The smallest absolute Gasteiger partial charge is 0.251 e. The van der Waals surface area contributed by atoms with Gasteiger partial charge in [0.2, 0.25) is 0 Å². The van der Waals surface area contributed by atoms with E-state index in [-0.39, 0.29) is 5.91 Å². The fourth-order valence-electron chi connectivity index (χ4n) is 2.29. The number of carbonyl (C=O) groups excluding carboxylic acids is 1. The van der Waals surface area contributed by atoms with Crippen molar-refractivity contribution in [1.29, 1.82) is 0 Å². The molecule has 110 valence electrons. The Kier molecular flexibility index (Phi) is 4.48. The fourth-order valence-corrected chi connectivity index (χ4v) is 2.29. The molecule has 1 amide bonds. The lowest BCUT2D eigenvalue weighted by Crippen LogP contribution is -2.21. The maximum absolute atomic E-state index is 11.7. The number of nitrogens with one attached hydrogen (secondary N) is 1. The summed E-state index contributed by atoms with van der Waals surface area (Å²) in [5, 5.41) is 2.63. The second kappa shape index (κ2) is 6.31. The van der Waals surface area contributed by atoms with E-state index in [2.05, 4.69) is 29.3 Å². The summed E-state index contributed by atoms with van der Waals surface area (Å²) in [6, 6.07) is 13.6. The molecule has 4 heteroatoms. The Morgan fingerprint density at radius 3 is 2.62 bits per heavy atom. The van der Waals surface area contributed by atoms with E-state index in [0.717, 1.165) is 12.2 Å². The average Bonchev–Trinajstić information content (AvgIpc) is 2.49. The molecule has 2 rings (SSSR count). The number of nitrogens with two attached hydrogens (primary N) is 1. The summed E-state index contributed by atoms with van der Waals surface area (Å²) in [7, 11) is 3.60. The van der Waals surface area contributed by atoms with E-state index in [0.29, 0.717) is 11.3 Å². The number of anilines is 2. The summed E-state index contributed by atoms with van der Waals surface area (Å²) in [6.07, 6.45) is 0. The highest BCUT2D eigenvalue weighted by atomic mass is 16.1. The van der Waals surface area contributed by atoms with Crippen molar-refractivity contribution in [3.63, 3.8) is 0 Å². The Bertz CT molecular complexity index is 652. The quantitative estimate of drug-likeness (QED) is 0.848. The van der Waals surface area contributed by atoms with Crippen molar-refractivity contribution >= 4 is 17.3 Å². The van der Waals surface area contributed by atoms with E-state index in [9.17, 15) is 4.79 Å². The maximum Gasteiger partial charge on any atom is 0.251 e. The van der Waals surface area contributed by atoms with E-state index in [1.807, 2.05) is 25.2 Å². The molecule has 4 nitrogen and oxygen atoms in total. The van der Waals surface area contributed by atoms with Crippen LogP contribution in [0.15, 0.2) is 42.5 Å². The fraction of sp³-hybridized carbons (Fsp3) is 0.235. The Hall–Kier alpha value is -2.49. The van der Waals surface area contributed by atoms with Gasteiger partial charge in [0.15, 0.2) is 0 Å². The minimum Gasteiger partial charge on any atom is -0.397 e. The molecule has 0 radical (unpaired) electrons. The first-order chi connectivity index (χ1) is 10.0. The van der Waals surface area contributed by atoms with Crippen molar-refractivity contribution in [3.05, 3.63) is 59.2 Å². The molecule has 0 aromatic heterocycles.